The molecule has 1 heterocycles. The Labute approximate surface area is 169 Å². The van der Waals surface area contributed by atoms with E-state index in [9.17, 15) is 18.0 Å². The maximum atomic E-state index is 12.7. The maximum absolute atomic E-state index is 12.7. The molecule has 1 aliphatic heterocycles. The minimum atomic E-state index is -3.91. The van der Waals surface area contributed by atoms with Gasteiger partial charge in [0.05, 0.1) is 12.2 Å². The summed E-state index contributed by atoms with van der Waals surface area (Å²) in [7, 11) is -3.91. The third-order valence-electron chi connectivity index (χ3n) is 4.90. The van der Waals surface area contributed by atoms with Crippen molar-refractivity contribution >= 4 is 33.4 Å². The minimum absolute atomic E-state index is 0.166. The Bertz CT molecular complexity index is 994. The van der Waals surface area contributed by atoms with Gasteiger partial charge < -0.3 is 4.90 Å². The van der Waals surface area contributed by atoms with E-state index in [1.807, 2.05) is 30.3 Å². The first kappa shape index (κ1) is 20.4. The van der Waals surface area contributed by atoms with Gasteiger partial charge in [-0.2, -0.15) is 0 Å². The molecule has 1 unspecified atom stereocenters. The van der Waals surface area contributed by atoms with Crippen molar-refractivity contribution in [3.63, 3.8) is 0 Å². The summed E-state index contributed by atoms with van der Waals surface area (Å²) in [5.74, 6) is -1.27. The van der Waals surface area contributed by atoms with Crippen LogP contribution in [0, 0.1) is 0 Å². The van der Waals surface area contributed by atoms with Gasteiger partial charge in [0.1, 0.15) is 5.54 Å². The van der Waals surface area contributed by atoms with Crippen molar-refractivity contribution in [2.24, 2.45) is 0 Å². The van der Waals surface area contributed by atoms with Crippen molar-refractivity contribution in [3.8, 4) is 0 Å². The third kappa shape index (κ3) is 4.54. The highest BCUT2D eigenvalue weighted by molar-refractivity contribution is 7.89. The first-order valence-corrected chi connectivity index (χ1v) is 10.9. The van der Waals surface area contributed by atoms with Gasteiger partial charge in [-0.1, -0.05) is 54.1 Å². The molecule has 2 aromatic rings. The standard InChI is InChI=1S/C20H21ClN2O4S/c1-20(10-11-23(20)18(24)13-15-6-3-2-4-7-15)19(25)22-28(26,27)14-16-8-5-9-17(21)12-16/h2-9,12H,10-11,13-14H2,1H3,(H,22,25). The topological polar surface area (TPSA) is 83.6 Å². The molecule has 8 heteroatoms. The number of likely N-dealkylation sites (tertiary alicyclic amines) is 1. The lowest BCUT2D eigenvalue weighted by atomic mass is 9.85. The lowest BCUT2D eigenvalue weighted by Gasteiger charge is -2.49. The zero-order chi connectivity index (χ0) is 20.4. The minimum Gasteiger partial charge on any atom is -0.328 e. The largest absolute Gasteiger partial charge is 0.328 e. The van der Waals surface area contributed by atoms with E-state index in [-0.39, 0.29) is 18.1 Å². The molecular weight excluding hydrogens is 400 g/mol. The SMILES string of the molecule is CC1(C(=O)NS(=O)(=O)Cc2cccc(Cl)c2)CCN1C(=O)Cc1ccccc1. The number of amides is 2. The first-order valence-electron chi connectivity index (χ1n) is 8.83. The first-order chi connectivity index (χ1) is 13.2. The van der Waals surface area contributed by atoms with Crippen LogP contribution in [0.4, 0.5) is 0 Å². The van der Waals surface area contributed by atoms with Gasteiger partial charge >= 0.3 is 0 Å². The van der Waals surface area contributed by atoms with Crippen LogP contribution in [-0.2, 0) is 31.8 Å². The van der Waals surface area contributed by atoms with E-state index in [0.717, 1.165) is 5.56 Å². The Morgan fingerprint density at radius 1 is 1.11 bits per heavy atom. The van der Waals surface area contributed by atoms with Crippen LogP contribution in [0.15, 0.2) is 54.6 Å². The molecule has 0 aliphatic carbocycles. The van der Waals surface area contributed by atoms with Gasteiger partial charge in [-0.3, -0.25) is 14.3 Å². The van der Waals surface area contributed by atoms with Crippen molar-refractivity contribution in [2.75, 3.05) is 6.54 Å². The lowest BCUT2D eigenvalue weighted by Crippen LogP contribution is -2.68. The van der Waals surface area contributed by atoms with Gasteiger partial charge in [0.25, 0.3) is 5.91 Å². The molecule has 28 heavy (non-hydrogen) atoms. The third-order valence-corrected chi connectivity index (χ3v) is 6.35. The lowest BCUT2D eigenvalue weighted by molar-refractivity contribution is -0.156. The second kappa shape index (κ2) is 7.93. The fraction of sp³-hybridized carbons (Fsp3) is 0.300. The van der Waals surface area contributed by atoms with Gasteiger partial charge in [0, 0.05) is 11.6 Å². The van der Waals surface area contributed by atoms with Gasteiger partial charge in [-0.25, -0.2) is 8.42 Å². The summed E-state index contributed by atoms with van der Waals surface area (Å²) < 4.78 is 26.9. The number of carbonyl (C=O) groups excluding carboxylic acids is 2. The van der Waals surface area contributed by atoms with Crippen LogP contribution in [0.5, 0.6) is 0 Å². The summed E-state index contributed by atoms with van der Waals surface area (Å²) in [4.78, 5) is 26.7. The van der Waals surface area contributed by atoms with Gasteiger partial charge in [0.15, 0.2) is 0 Å². The predicted octanol–water partition coefficient (Wildman–Crippen LogP) is 2.52. The number of nitrogens with zero attached hydrogens (tertiary/aromatic N) is 1. The molecule has 0 bridgehead atoms. The van der Waals surface area contributed by atoms with Crippen LogP contribution in [0.2, 0.25) is 5.02 Å². The molecule has 0 spiro atoms. The van der Waals surface area contributed by atoms with Crippen LogP contribution in [0.3, 0.4) is 0 Å². The molecular formula is C20H21ClN2O4S. The summed E-state index contributed by atoms with van der Waals surface area (Å²) in [5.41, 5.74) is 0.145. The Morgan fingerprint density at radius 2 is 1.79 bits per heavy atom. The highest BCUT2D eigenvalue weighted by Crippen LogP contribution is 2.31. The monoisotopic (exact) mass is 420 g/mol. The summed E-state index contributed by atoms with van der Waals surface area (Å²) in [6.45, 7) is 2.01. The van der Waals surface area contributed by atoms with Crippen LogP contribution in [-0.4, -0.2) is 37.2 Å². The molecule has 6 nitrogen and oxygen atoms in total. The molecule has 148 valence electrons. The van der Waals surface area contributed by atoms with E-state index in [2.05, 4.69) is 4.72 Å². The van der Waals surface area contributed by atoms with Gasteiger partial charge in [-0.05, 0) is 36.6 Å². The Kier molecular flexibility index (Phi) is 5.76. The fourth-order valence-corrected chi connectivity index (χ4v) is 4.60. The van der Waals surface area contributed by atoms with Crippen molar-refractivity contribution < 1.29 is 18.0 Å². The second-order valence-corrected chi connectivity index (χ2v) is 9.21. The van der Waals surface area contributed by atoms with Crippen molar-refractivity contribution in [3.05, 3.63) is 70.7 Å². The van der Waals surface area contributed by atoms with Gasteiger partial charge in [0.2, 0.25) is 15.9 Å². The molecule has 1 saturated heterocycles. The number of nitrogens with one attached hydrogen (secondary N) is 1. The van der Waals surface area contributed by atoms with E-state index in [0.29, 0.717) is 23.6 Å². The van der Waals surface area contributed by atoms with Crippen molar-refractivity contribution in [2.45, 2.75) is 31.1 Å². The molecule has 1 N–H and O–H groups in total. The molecule has 0 radical (unpaired) electrons. The molecule has 1 aliphatic rings. The summed E-state index contributed by atoms with van der Waals surface area (Å²) in [6.07, 6.45) is 0.574. The summed E-state index contributed by atoms with van der Waals surface area (Å²) >= 11 is 5.88. The molecule has 2 aromatic carbocycles. The summed E-state index contributed by atoms with van der Waals surface area (Å²) in [6, 6.07) is 15.7. The normalized spacial score (nSPS) is 19.0. The van der Waals surface area contributed by atoms with E-state index in [4.69, 9.17) is 11.6 Å². The molecule has 0 saturated carbocycles. The van der Waals surface area contributed by atoms with Crippen LogP contribution < -0.4 is 4.72 Å². The number of halogens is 1. The highest BCUT2D eigenvalue weighted by Gasteiger charge is 2.50. The van der Waals surface area contributed by atoms with E-state index in [1.165, 1.54) is 11.0 Å². The maximum Gasteiger partial charge on any atom is 0.259 e. The van der Waals surface area contributed by atoms with E-state index < -0.39 is 21.5 Å². The quantitative estimate of drug-likeness (QED) is 0.778. The fourth-order valence-electron chi connectivity index (χ4n) is 3.19. The van der Waals surface area contributed by atoms with E-state index in [1.54, 1.807) is 25.1 Å². The van der Waals surface area contributed by atoms with Crippen molar-refractivity contribution in [1.82, 2.24) is 9.62 Å². The molecule has 0 aromatic heterocycles. The van der Waals surface area contributed by atoms with Gasteiger partial charge in [-0.15, -0.1) is 0 Å². The van der Waals surface area contributed by atoms with Crippen LogP contribution in [0.25, 0.3) is 0 Å². The molecule has 2 amide bonds. The zero-order valence-corrected chi connectivity index (χ0v) is 17.0. The number of rotatable bonds is 6. The average Bonchev–Trinajstić information content (AvgIpc) is 2.60. The smallest absolute Gasteiger partial charge is 0.259 e. The Morgan fingerprint density at radius 3 is 2.39 bits per heavy atom. The number of hydrogen-bond acceptors (Lipinski definition) is 4. The Hall–Kier alpha value is -2.38. The predicted molar refractivity (Wildman–Crippen MR) is 107 cm³/mol. The van der Waals surface area contributed by atoms with Crippen molar-refractivity contribution in [1.29, 1.82) is 0 Å². The number of sulfonamides is 1. The highest BCUT2D eigenvalue weighted by atomic mass is 35.5. The molecule has 1 atom stereocenters. The van der Waals surface area contributed by atoms with E-state index >= 15 is 0 Å². The second-order valence-electron chi connectivity index (χ2n) is 7.05. The summed E-state index contributed by atoms with van der Waals surface area (Å²) in [5, 5.41) is 0.419. The molecule has 1 fully saturated rings. The number of carbonyl (C=O) groups is 2. The number of benzene rings is 2. The molecule has 3 rings (SSSR count). The zero-order valence-electron chi connectivity index (χ0n) is 15.4. The number of hydrogen-bond donors (Lipinski definition) is 1. The van der Waals surface area contributed by atoms with Crippen LogP contribution in [0.1, 0.15) is 24.5 Å². The average molecular weight is 421 g/mol. The van der Waals surface area contributed by atoms with Crippen LogP contribution >= 0.6 is 11.6 Å². The Balaban J connectivity index is 1.66.